The Morgan fingerprint density at radius 3 is 2.71 bits per heavy atom. The zero-order valence-electron chi connectivity index (χ0n) is 18.2. The molecule has 4 N–H and O–H groups in total. The standard InChI is InChI=1S/C23H22N10O/c24-20-8-19(12-6-13-4-5-14(7-12)32(13)23(34)21-25-11-27-31-21)29-22-17(10-28-33(20)22)15-2-1-3-18-16(15)9-26-30-18/h1-3,8-14H,4-7,24H2,(H,26,30)(H,25,27,31)/t12-,13+,14-. The van der Waals surface area contributed by atoms with Gasteiger partial charge in [-0.2, -0.15) is 19.8 Å². The van der Waals surface area contributed by atoms with E-state index in [9.17, 15) is 4.79 Å². The summed E-state index contributed by atoms with van der Waals surface area (Å²) in [5, 5.41) is 19.3. The molecular weight excluding hydrogens is 432 g/mol. The van der Waals surface area contributed by atoms with E-state index in [1.54, 1.807) is 4.52 Å². The van der Waals surface area contributed by atoms with Gasteiger partial charge in [0.05, 0.1) is 17.9 Å². The van der Waals surface area contributed by atoms with Crippen LogP contribution in [0.25, 0.3) is 27.7 Å². The first kappa shape index (κ1) is 19.2. The van der Waals surface area contributed by atoms with E-state index >= 15 is 0 Å². The minimum absolute atomic E-state index is 0.0716. The molecule has 0 aliphatic carbocycles. The molecule has 3 atom stereocenters. The van der Waals surface area contributed by atoms with Crippen molar-refractivity contribution < 1.29 is 4.79 Å². The lowest BCUT2D eigenvalue weighted by molar-refractivity contribution is 0.0557. The summed E-state index contributed by atoms with van der Waals surface area (Å²) < 4.78 is 1.69. The lowest BCUT2D eigenvalue weighted by atomic mass is 9.87. The number of aromatic nitrogens is 8. The van der Waals surface area contributed by atoms with Crippen molar-refractivity contribution in [3.05, 3.63) is 54.5 Å². The van der Waals surface area contributed by atoms with Gasteiger partial charge in [0.15, 0.2) is 5.65 Å². The highest BCUT2D eigenvalue weighted by molar-refractivity contribution is 5.97. The van der Waals surface area contributed by atoms with E-state index in [0.717, 1.165) is 59.1 Å². The number of piperidine rings is 1. The predicted octanol–water partition coefficient (Wildman–Crippen LogP) is 2.52. The second-order valence-electron chi connectivity index (χ2n) is 9.14. The number of anilines is 1. The van der Waals surface area contributed by atoms with Crippen LogP contribution in [0.5, 0.6) is 0 Å². The molecule has 2 fully saturated rings. The average molecular weight is 454 g/mol. The van der Waals surface area contributed by atoms with Gasteiger partial charge in [-0.3, -0.25) is 15.0 Å². The maximum atomic E-state index is 13.0. The Bertz CT molecular complexity index is 1520. The number of carbonyl (C=O) groups excluding carboxylic acids is 1. The van der Waals surface area contributed by atoms with Gasteiger partial charge >= 0.3 is 0 Å². The van der Waals surface area contributed by atoms with Crippen LogP contribution in [0, 0.1) is 0 Å². The number of hydrogen-bond acceptors (Lipinski definition) is 7. The smallest absolute Gasteiger partial charge is 0.291 e. The Morgan fingerprint density at radius 1 is 1.06 bits per heavy atom. The van der Waals surface area contributed by atoms with Crippen LogP contribution in [0.2, 0.25) is 0 Å². The van der Waals surface area contributed by atoms with Crippen LogP contribution in [-0.4, -0.2) is 62.9 Å². The summed E-state index contributed by atoms with van der Waals surface area (Å²) >= 11 is 0. The molecule has 2 aliphatic heterocycles. The molecule has 11 heteroatoms. The van der Waals surface area contributed by atoms with Crippen molar-refractivity contribution >= 4 is 28.3 Å². The normalized spacial score (nSPS) is 22.1. The summed E-state index contributed by atoms with van der Waals surface area (Å²) in [6.45, 7) is 0. The van der Waals surface area contributed by atoms with Crippen LogP contribution in [0.4, 0.5) is 5.82 Å². The summed E-state index contributed by atoms with van der Waals surface area (Å²) in [6, 6.07) is 8.28. The number of amides is 1. The Kier molecular flexibility index (Phi) is 4.02. The van der Waals surface area contributed by atoms with Gasteiger partial charge in [0.1, 0.15) is 12.1 Å². The number of carbonyl (C=O) groups is 1. The summed E-state index contributed by atoms with van der Waals surface area (Å²) in [7, 11) is 0. The van der Waals surface area contributed by atoms with E-state index in [1.165, 1.54) is 6.33 Å². The molecule has 5 aromatic rings. The van der Waals surface area contributed by atoms with Crippen molar-refractivity contribution in [2.24, 2.45) is 0 Å². The first-order valence-electron chi connectivity index (χ1n) is 11.4. The topological polar surface area (TPSA) is 147 Å². The fourth-order valence-corrected chi connectivity index (χ4v) is 5.79. The van der Waals surface area contributed by atoms with Gasteiger partial charge in [-0.1, -0.05) is 12.1 Å². The largest absolute Gasteiger partial charge is 0.384 e. The number of H-pyrrole nitrogens is 2. The van der Waals surface area contributed by atoms with E-state index in [2.05, 4.69) is 30.5 Å². The quantitative estimate of drug-likeness (QED) is 0.379. The third-order valence-electron chi connectivity index (χ3n) is 7.30. The van der Waals surface area contributed by atoms with Crippen LogP contribution >= 0.6 is 0 Å². The number of aromatic amines is 2. The first-order valence-corrected chi connectivity index (χ1v) is 11.4. The molecule has 2 bridgehead atoms. The highest BCUT2D eigenvalue weighted by atomic mass is 16.2. The summed E-state index contributed by atoms with van der Waals surface area (Å²) in [5.74, 6) is 1.00. The minimum Gasteiger partial charge on any atom is -0.384 e. The monoisotopic (exact) mass is 454 g/mol. The number of rotatable bonds is 3. The van der Waals surface area contributed by atoms with E-state index in [1.807, 2.05) is 41.6 Å². The van der Waals surface area contributed by atoms with Crippen molar-refractivity contribution in [1.82, 2.24) is 44.9 Å². The molecule has 2 saturated heterocycles. The second-order valence-corrected chi connectivity index (χ2v) is 9.14. The first-order chi connectivity index (χ1) is 16.7. The SMILES string of the molecule is Nc1cc([C@H]2C[C@H]3CC[C@@H](C2)N3C(=O)c2ncn[nH]2)nc2c(-c3cccc4[nH]ncc34)cnn12. The highest BCUT2D eigenvalue weighted by Gasteiger charge is 2.45. The highest BCUT2D eigenvalue weighted by Crippen LogP contribution is 2.44. The molecule has 170 valence electrons. The van der Waals surface area contributed by atoms with Gasteiger partial charge < -0.3 is 10.6 Å². The lowest BCUT2D eigenvalue weighted by Crippen LogP contribution is -2.46. The Morgan fingerprint density at radius 2 is 1.91 bits per heavy atom. The zero-order valence-corrected chi connectivity index (χ0v) is 18.2. The van der Waals surface area contributed by atoms with Crippen molar-refractivity contribution in [1.29, 1.82) is 0 Å². The molecule has 0 saturated carbocycles. The van der Waals surface area contributed by atoms with Gasteiger partial charge in [0.25, 0.3) is 5.91 Å². The van der Waals surface area contributed by atoms with Crippen LogP contribution < -0.4 is 5.73 Å². The van der Waals surface area contributed by atoms with E-state index < -0.39 is 0 Å². The average Bonchev–Trinajstić information content (AvgIpc) is 3.64. The molecule has 34 heavy (non-hydrogen) atoms. The van der Waals surface area contributed by atoms with Gasteiger partial charge in [0, 0.05) is 40.7 Å². The number of nitrogens with two attached hydrogens (primary N) is 1. The molecule has 4 aromatic heterocycles. The van der Waals surface area contributed by atoms with Gasteiger partial charge in [-0.05, 0) is 37.3 Å². The molecule has 1 amide bonds. The van der Waals surface area contributed by atoms with Crippen LogP contribution in [0.3, 0.4) is 0 Å². The molecule has 7 rings (SSSR count). The van der Waals surface area contributed by atoms with Crippen molar-refractivity contribution in [2.45, 2.75) is 43.7 Å². The van der Waals surface area contributed by atoms with Crippen LogP contribution in [0.15, 0.2) is 43.0 Å². The van der Waals surface area contributed by atoms with Crippen molar-refractivity contribution in [3.63, 3.8) is 0 Å². The number of fused-ring (bicyclic) bond motifs is 4. The third kappa shape index (κ3) is 2.76. The number of nitrogens with one attached hydrogen (secondary N) is 2. The zero-order chi connectivity index (χ0) is 22.8. The maximum absolute atomic E-state index is 13.0. The van der Waals surface area contributed by atoms with Gasteiger partial charge in [0.2, 0.25) is 5.82 Å². The number of benzene rings is 1. The fourth-order valence-electron chi connectivity index (χ4n) is 5.79. The molecule has 11 nitrogen and oxygen atoms in total. The van der Waals surface area contributed by atoms with Gasteiger partial charge in [-0.15, -0.1) is 0 Å². The van der Waals surface area contributed by atoms with E-state index in [4.69, 9.17) is 10.7 Å². The molecular formula is C23H22N10O. The minimum atomic E-state index is -0.0716. The number of nitrogen functional groups attached to an aromatic ring is 1. The van der Waals surface area contributed by atoms with E-state index in [0.29, 0.717) is 11.6 Å². The van der Waals surface area contributed by atoms with E-state index in [-0.39, 0.29) is 23.9 Å². The van der Waals surface area contributed by atoms with Crippen molar-refractivity contribution in [3.8, 4) is 11.1 Å². The maximum Gasteiger partial charge on any atom is 0.291 e. The van der Waals surface area contributed by atoms with Crippen LogP contribution in [0.1, 0.15) is 47.9 Å². The Balaban J connectivity index is 1.26. The molecule has 2 aliphatic rings. The molecule has 1 aromatic carbocycles. The summed E-state index contributed by atoms with van der Waals surface area (Å²) in [5.41, 5.74) is 11.0. The third-order valence-corrected chi connectivity index (χ3v) is 7.30. The molecule has 0 unspecified atom stereocenters. The summed E-state index contributed by atoms with van der Waals surface area (Å²) in [6.07, 6.45) is 8.67. The Labute approximate surface area is 193 Å². The predicted molar refractivity (Wildman–Crippen MR) is 124 cm³/mol. The Hall–Kier alpha value is -4.28. The van der Waals surface area contributed by atoms with Gasteiger partial charge in [-0.25, -0.2) is 9.97 Å². The second kappa shape index (κ2) is 7.11. The molecule has 6 heterocycles. The fraction of sp³-hybridized carbons (Fsp3) is 0.304. The summed E-state index contributed by atoms with van der Waals surface area (Å²) in [4.78, 5) is 24.1. The lowest BCUT2D eigenvalue weighted by Gasteiger charge is -2.38. The molecule has 0 spiro atoms. The molecule has 0 radical (unpaired) electrons. The number of nitrogens with zero attached hydrogens (tertiary/aromatic N) is 7. The van der Waals surface area contributed by atoms with Crippen LogP contribution in [-0.2, 0) is 0 Å². The van der Waals surface area contributed by atoms with Crippen molar-refractivity contribution in [2.75, 3.05) is 5.73 Å². The number of hydrogen-bond donors (Lipinski definition) is 3.